The van der Waals surface area contributed by atoms with E-state index in [2.05, 4.69) is 0 Å². The lowest BCUT2D eigenvalue weighted by Crippen LogP contribution is -2.49. The molecule has 1 heterocycles. The van der Waals surface area contributed by atoms with Crippen LogP contribution >= 0.6 is 0 Å². The van der Waals surface area contributed by atoms with Crippen LogP contribution in [-0.2, 0) is 4.74 Å². The zero-order valence-corrected chi connectivity index (χ0v) is 12.6. The van der Waals surface area contributed by atoms with Crippen molar-refractivity contribution in [2.75, 3.05) is 32.8 Å². The van der Waals surface area contributed by atoms with Crippen molar-refractivity contribution in [3.05, 3.63) is 29.8 Å². The molecule has 1 aliphatic rings. The summed E-state index contributed by atoms with van der Waals surface area (Å²) in [5.74, 6) is 0.662. The van der Waals surface area contributed by atoms with Crippen LogP contribution in [0.3, 0.4) is 0 Å². The number of aliphatic hydroxyl groups excluding tert-OH is 1. The van der Waals surface area contributed by atoms with Crippen molar-refractivity contribution in [1.82, 2.24) is 4.90 Å². The third-order valence-corrected chi connectivity index (χ3v) is 3.46. The Bertz CT molecular complexity index is 477. The van der Waals surface area contributed by atoms with Crippen molar-refractivity contribution in [2.45, 2.75) is 26.1 Å². The number of ether oxygens (including phenoxy) is 2. The van der Waals surface area contributed by atoms with Crippen LogP contribution in [0, 0.1) is 0 Å². The summed E-state index contributed by atoms with van der Waals surface area (Å²) in [5, 5.41) is 9.24. The molecule has 0 radical (unpaired) electrons. The number of morpholine rings is 1. The minimum atomic E-state index is -0.219. The number of carbonyl (C=O) groups is 1. The van der Waals surface area contributed by atoms with E-state index < -0.39 is 0 Å². The van der Waals surface area contributed by atoms with Crippen molar-refractivity contribution in [3.8, 4) is 5.75 Å². The zero-order valence-electron chi connectivity index (χ0n) is 12.6. The van der Waals surface area contributed by atoms with E-state index in [1.54, 1.807) is 6.07 Å². The van der Waals surface area contributed by atoms with Crippen LogP contribution in [0.2, 0.25) is 0 Å². The van der Waals surface area contributed by atoms with E-state index in [9.17, 15) is 9.90 Å². The molecule has 0 aromatic heterocycles. The molecule has 1 fully saturated rings. The molecular formula is C16H23NO4. The van der Waals surface area contributed by atoms with E-state index in [1.165, 1.54) is 0 Å². The molecule has 1 N–H and O–H groups in total. The first-order chi connectivity index (χ1) is 10.1. The van der Waals surface area contributed by atoms with Gasteiger partial charge in [0.1, 0.15) is 5.75 Å². The number of hydrogen-bond donors (Lipinski definition) is 1. The Balaban J connectivity index is 2.04. The second-order valence-electron chi connectivity index (χ2n) is 5.30. The Morgan fingerprint density at radius 1 is 1.43 bits per heavy atom. The first kappa shape index (κ1) is 15.9. The first-order valence-corrected chi connectivity index (χ1v) is 7.37. The van der Waals surface area contributed by atoms with Crippen LogP contribution < -0.4 is 4.74 Å². The van der Waals surface area contributed by atoms with E-state index in [0.717, 1.165) is 0 Å². The Labute approximate surface area is 125 Å². The number of carbonyl (C=O) groups excluding carboxylic acids is 1. The van der Waals surface area contributed by atoms with Gasteiger partial charge in [0.25, 0.3) is 0 Å². The Morgan fingerprint density at radius 2 is 2.19 bits per heavy atom. The lowest BCUT2D eigenvalue weighted by atomic mass is 10.1. The van der Waals surface area contributed by atoms with Gasteiger partial charge in [-0.3, -0.25) is 9.69 Å². The summed E-state index contributed by atoms with van der Waals surface area (Å²) < 4.78 is 11.1. The standard InChI is InChI=1S/C16H23NO4/c1-3-20-16-7-5-4-6-14(16)15(19)10-17-8-12(2)21-13(9-17)11-18/h4-7,12-13,18H,3,8-11H2,1-2H3. The predicted octanol–water partition coefficient (Wildman–Crippen LogP) is 1.35. The number of Topliss-reactive ketones (excluding diaryl/α,β-unsaturated/α-hetero) is 1. The SMILES string of the molecule is CCOc1ccccc1C(=O)CN1CC(C)OC(CO)C1. The van der Waals surface area contributed by atoms with Crippen LogP contribution in [0.25, 0.3) is 0 Å². The van der Waals surface area contributed by atoms with E-state index in [0.29, 0.717) is 37.6 Å². The molecule has 2 unspecified atom stereocenters. The fraction of sp³-hybridized carbons (Fsp3) is 0.562. The molecule has 5 nitrogen and oxygen atoms in total. The molecule has 0 spiro atoms. The summed E-state index contributed by atoms with van der Waals surface area (Å²) in [6.45, 7) is 5.94. The minimum Gasteiger partial charge on any atom is -0.493 e. The number of benzene rings is 1. The third kappa shape index (κ3) is 4.27. The van der Waals surface area contributed by atoms with Gasteiger partial charge < -0.3 is 14.6 Å². The topological polar surface area (TPSA) is 59.0 Å². The minimum absolute atomic E-state index is 0.0193. The maximum atomic E-state index is 12.5. The van der Waals surface area contributed by atoms with E-state index in [4.69, 9.17) is 9.47 Å². The fourth-order valence-electron chi connectivity index (χ4n) is 2.64. The van der Waals surface area contributed by atoms with Crippen LogP contribution in [0.1, 0.15) is 24.2 Å². The van der Waals surface area contributed by atoms with Crippen molar-refractivity contribution >= 4 is 5.78 Å². The van der Waals surface area contributed by atoms with Crippen LogP contribution in [-0.4, -0.2) is 60.8 Å². The van der Waals surface area contributed by atoms with E-state index in [1.807, 2.05) is 36.9 Å². The first-order valence-electron chi connectivity index (χ1n) is 7.37. The highest BCUT2D eigenvalue weighted by Gasteiger charge is 2.26. The summed E-state index contributed by atoms with van der Waals surface area (Å²) in [4.78, 5) is 14.5. The molecule has 2 rings (SSSR count). The highest BCUT2D eigenvalue weighted by molar-refractivity contribution is 6.00. The molecule has 0 saturated carbocycles. The summed E-state index contributed by atoms with van der Waals surface area (Å²) in [6, 6.07) is 7.31. The smallest absolute Gasteiger partial charge is 0.180 e. The monoisotopic (exact) mass is 293 g/mol. The highest BCUT2D eigenvalue weighted by atomic mass is 16.5. The quantitative estimate of drug-likeness (QED) is 0.802. The third-order valence-electron chi connectivity index (χ3n) is 3.46. The summed E-state index contributed by atoms with van der Waals surface area (Å²) in [7, 11) is 0. The maximum Gasteiger partial charge on any atom is 0.180 e. The number of para-hydroxylation sites is 1. The van der Waals surface area contributed by atoms with Gasteiger partial charge in [0.05, 0.1) is 37.5 Å². The number of aliphatic hydroxyl groups is 1. The van der Waals surface area contributed by atoms with Gasteiger partial charge in [-0.15, -0.1) is 0 Å². The van der Waals surface area contributed by atoms with Crippen molar-refractivity contribution in [1.29, 1.82) is 0 Å². The summed E-state index contributed by atoms with van der Waals surface area (Å²) >= 11 is 0. The molecule has 5 heteroatoms. The van der Waals surface area contributed by atoms with Gasteiger partial charge in [-0.05, 0) is 26.0 Å². The second kappa shape index (κ2) is 7.54. The molecular weight excluding hydrogens is 270 g/mol. The van der Waals surface area contributed by atoms with Crippen molar-refractivity contribution < 1.29 is 19.4 Å². The lowest BCUT2D eigenvalue weighted by molar-refractivity contribution is -0.0926. The largest absolute Gasteiger partial charge is 0.493 e. The number of hydrogen-bond acceptors (Lipinski definition) is 5. The van der Waals surface area contributed by atoms with Crippen LogP contribution in [0.5, 0.6) is 5.75 Å². The molecule has 1 aliphatic heterocycles. The maximum absolute atomic E-state index is 12.5. The molecule has 0 aliphatic carbocycles. The van der Waals surface area contributed by atoms with Crippen molar-refractivity contribution in [3.63, 3.8) is 0 Å². The van der Waals surface area contributed by atoms with Gasteiger partial charge in [-0.25, -0.2) is 0 Å². The molecule has 21 heavy (non-hydrogen) atoms. The molecule has 1 aromatic carbocycles. The predicted molar refractivity (Wildman–Crippen MR) is 79.8 cm³/mol. The molecule has 0 amide bonds. The van der Waals surface area contributed by atoms with E-state index >= 15 is 0 Å². The molecule has 2 atom stereocenters. The van der Waals surface area contributed by atoms with Gasteiger partial charge in [0, 0.05) is 13.1 Å². The average molecular weight is 293 g/mol. The van der Waals surface area contributed by atoms with Gasteiger partial charge in [0.15, 0.2) is 5.78 Å². The lowest BCUT2D eigenvalue weighted by Gasteiger charge is -2.35. The number of nitrogens with zero attached hydrogens (tertiary/aromatic N) is 1. The van der Waals surface area contributed by atoms with Crippen molar-refractivity contribution in [2.24, 2.45) is 0 Å². The summed E-state index contributed by atoms with van der Waals surface area (Å²) in [6.07, 6.45) is -0.200. The van der Waals surface area contributed by atoms with Gasteiger partial charge in [-0.2, -0.15) is 0 Å². The normalized spacial score (nSPS) is 23.0. The van der Waals surface area contributed by atoms with Gasteiger partial charge >= 0.3 is 0 Å². The van der Waals surface area contributed by atoms with E-state index in [-0.39, 0.29) is 24.6 Å². The zero-order chi connectivity index (χ0) is 15.2. The Kier molecular flexibility index (Phi) is 5.73. The van der Waals surface area contributed by atoms with Gasteiger partial charge in [-0.1, -0.05) is 12.1 Å². The number of ketones is 1. The fourth-order valence-corrected chi connectivity index (χ4v) is 2.64. The molecule has 1 aromatic rings. The van der Waals surface area contributed by atoms with Crippen LogP contribution in [0.4, 0.5) is 0 Å². The molecule has 116 valence electrons. The second-order valence-corrected chi connectivity index (χ2v) is 5.30. The van der Waals surface area contributed by atoms with Gasteiger partial charge in [0.2, 0.25) is 0 Å². The molecule has 0 bridgehead atoms. The highest BCUT2D eigenvalue weighted by Crippen LogP contribution is 2.20. The number of rotatable bonds is 6. The Hall–Kier alpha value is -1.43. The van der Waals surface area contributed by atoms with Crippen LogP contribution in [0.15, 0.2) is 24.3 Å². The Morgan fingerprint density at radius 3 is 2.90 bits per heavy atom. The molecule has 1 saturated heterocycles. The summed E-state index contributed by atoms with van der Waals surface area (Å²) in [5.41, 5.74) is 0.610. The average Bonchev–Trinajstić information content (AvgIpc) is 2.47.